The molecule has 4 rings (SSSR count). The summed E-state index contributed by atoms with van der Waals surface area (Å²) in [6.45, 7) is 4.20. The molecule has 0 radical (unpaired) electrons. The molecule has 2 aliphatic heterocycles. The minimum Gasteiger partial charge on any atom is -0.340 e. The summed E-state index contributed by atoms with van der Waals surface area (Å²) in [5.74, 6) is -0.790. The van der Waals surface area contributed by atoms with Crippen LogP contribution in [0, 0.1) is 11.7 Å². The minimum absolute atomic E-state index is 0.0278. The highest BCUT2D eigenvalue weighted by Gasteiger charge is 2.35. The molecule has 0 unspecified atom stereocenters. The van der Waals surface area contributed by atoms with Gasteiger partial charge in [-0.1, -0.05) is 0 Å². The lowest BCUT2D eigenvalue weighted by Crippen LogP contribution is -2.52. The molecular formula is C21H28FN5O3S. The van der Waals surface area contributed by atoms with Gasteiger partial charge in [0.15, 0.2) is 0 Å². The third-order valence-electron chi connectivity index (χ3n) is 6.03. The third-order valence-corrected chi connectivity index (χ3v) is 7.91. The number of hydrogen-bond donors (Lipinski definition) is 0. The van der Waals surface area contributed by atoms with Gasteiger partial charge in [0.1, 0.15) is 5.82 Å². The zero-order chi connectivity index (χ0) is 22.0. The number of benzene rings is 1. The van der Waals surface area contributed by atoms with Gasteiger partial charge in [0.05, 0.1) is 17.0 Å². The maximum atomic E-state index is 13.2. The fourth-order valence-electron chi connectivity index (χ4n) is 4.31. The van der Waals surface area contributed by atoms with E-state index in [0.29, 0.717) is 32.5 Å². The molecule has 1 amide bonds. The van der Waals surface area contributed by atoms with E-state index in [1.807, 2.05) is 24.3 Å². The molecule has 0 spiro atoms. The predicted molar refractivity (Wildman–Crippen MR) is 113 cm³/mol. The molecule has 3 heterocycles. The minimum atomic E-state index is -3.74. The van der Waals surface area contributed by atoms with Gasteiger partial charge >= 0.3 is 0 Å². The maximum Gasteiger partial charge on any atom is 0.243 e. The summed E-state index contributed by atoms with van der Waals surface area (Å²) in [4.78, 5) is 17.3. The molecule has 8 nitrogen and oxygen atoms in total. The Morgan fingerprint density at radius 1 is 1.13 bits per heavy atom. The van der Waals surface area contributed by atoms with Crippen LogP contribution in [0.3, 0.4) is 0 Å². The van der Waals surface area contributed by atoms with Crippen LogP contribution < -0.4 is 0 Å². The lowest BCUT2D eigenvalue weighted by molar-refractivity contribution is -0.138. The van der Waals surface area contributed by atoms with Crippen molar-refractivity contribution in [2.75, 3.05) is 39.3 Å². The molecule has 2 aliphatic rings. The van der Waals surface area contributed by atoms with E-state index in [4.69, 9.17) is 0 Å². The van der Waals surface area contributed by atoms with Crippen molar-refractivity contribution >= 4 is 15.9 Å². The summed E-state index contributed by atoms with van der Waals surface area (Å²) in [6.07, 6.45) is 5.17. The molecule has 1 aromatic heterocycles. The van der Waals surface area contributed by atoms with Crippen LogP contribution in [-0.4, -0.2) is 77.5 Å². The van der Waals surface area contributed by atoms with Gasteiger partial charge < -0.3 is 4.90 Å². The fraction of sp³-hybridized carbons (Fsp3) is 0.524. The monoisotopic (exact) mass is 449 g/mol. The Morgan fingerprint density at radius 2 is 1.84 bits per heavy atom. The van der Waals surface area contributed by atoms with E-state index in [1.54, 1.807) is 4.68 Å². The third kappa shape index (κ3) is 4.97. The molecule has 0 N–H and O–H groups in total. The number of sulfonamides is 1. The number of rotatable bonds is 5. The molecule has 1 aromatic carbocycles. The van der Waals surface area contributed by atoms with E-state index < -0.39 is 15.8 Å². The van der Waals surface area contributed by atoms with Crippen LogP contribution in [0.4, 0.5) is 4.39 Å². The van der Waals surface area contributed by atoms with E-state index in [0.717, 1.165) is 37.3 Å². The summed E-state index contributed by atoms with van der Waals surface area (Å²) in [6, 6.07) is 4.84. The van der Waals surface area contributed by atoms with Crippen LogP contribution in [0.15, 0.2) is 41.6 Å². The molecule has 2 aromatic rings. The lowest BCUT2D eigenvalue weighted by Gasteiger charge is -2.38. The molecule has 0 saturated carbocycles. The van der Waals surface area contributed by atoms with Crippen LogP contribution in [-0.2, 0) is 28.4 Å². The Kier molecular flexibility index (Phi) is 6.40. The van der Waals surface area contributed by atoms with Crippen LogP contribution in [0.1, 0.15) is 18.4 Å². The van der Waals surface area contributed by atoms with Crippen molar-refractivity contribution in [1.82, 2.24) is 23.9 Å². The molecule has 31 heavy (non-hydrogen) atoms. The van der Waals surface area contributed by atoms with Crippen molar-refractivity contribution in [3.63, 3.8) is 0 Å². The molecule has 168 valence electrons. The second-order valence-electron chi connectivity index (χ2n) is 8.28. The average molecular weight is 450 g/mol. The average Bonchev–Trinajstić information content (AvgIpc) is 3.18. The summed E-state index contributed by atoms with van der Waals surface area (Å²) >= 11 is 0. The van der Waals surface area contributed by atoms with Crippen molar-refractivity contribution in [1.29, 1.82) is 0 Å². The standard InChI is InChI=1S/C21H28FN5O3S/c1-24-14-17(13-23-24)15-25-9-11-26(12-10-25)21(28)18-3-2-8-27(16-18)31(29,30)20-6-4-19(22)5-7-20/h4-7,13-14,18H,2-3,8-12,15-16H2,1H3/t18-/m1/s1. The molecule has 10 heteroatoms. The normalized spacial score (nSPS) is 21.4. The summed E-state index contributed by atoms with van der Waals surface area (Å²) in [7, 11) is -1.84. The first-order valence-corrected chi connectivity index (χ1v) is 12.0. The Labute approximate surface area is 182 Å². The van der Waals surface area contributed by atoms with E-state index in [1.165, 1.54) is 16.4 Å². The van der Waals surface area contributed by atoms with Gasteiger partial charge in [-0.25, -0.2) is 12.8 Å². The van der Waals surface area contributed by atoms with E-state index in [9.17, 15) is 17.6 Å². The first-order valence-electron chi connectivity index (χ1n) is 10.6. The number of aryl methyl sites for hydroxylation is 1. The number of halogens is 1. The summed E-state index contributed by atoms with van der Waals surface area (Å²) < 4.78 is 42.2. The van der Waals surface area contributed by atoms with Crippen LogP contribution >= 0.6 is 0 Å². The van der Waals surface area contributed by atoms with Gasteiger partial charge in [0, 0.05) is 64.6 Å². The number of amides is 1. The highest BCUT2D eigenvalue weighted by atomic mass is 32.2. The van der Waals surface area contributed by atoms with Gasteiger partial charge in [-0.2, -0.15) is 9.40 Å². The second kappa shape index (κ2) is 9.05. The number of carbonyl (C=O) groups excluding carboxylic acids is 1. The fourth-order valence-corrected chi connectivity index (χ4v) is 5.84. The molecule has 1 atom stereocenters. The van der Waals surface area contributed by atoms with Gasteiger partial charge in [0.25, 0.3) is 0 Å². The van der Waals surface area contributed by atoms with E-state index in [2.05, 4.69) is 10.00 Å². The number of piperazine rings is 1. The van der Waals surface area contributed by atoms with Crippen molar-refractivity contribution in [2.24, 2.45) is 13.0 Å². The first-order chi connectivity index (χ1) is 14.8. The number of nitrogens with zero attached hydrogens (tertiary/aromatic N) is 5. The smallest absolute Gasteiger partial charge is 0.243 e. The maximum absolute atomic E-state index is 13.2. The molecule has 2 saturated heterocycles. The number of hydrogen-bond acceptors (Lipinski definition) is 5. The van der Waals surface area contributed by atoms with Gasteiger partial charge in [0.2, 0.25) is 15.9 Å². The van der Waals surface area contributed by atoms with Crippen molar-refractivity contribution < 1.29 is 17.6 Å². The molecule has 0 bridgehead atoms. The van der Waals surface area contributed by atoms with Crippen molar-refractivity contribution in [3.05, 3.63) is 48.0 Å². The zero-order valence-electron chi connectivity index (χ0n) is 17.7. The Hall–Kier alpha value is -2.30. The van der Waals surface area contributed by atoms with Crippen LogP contribution in [0.5, 0.6) is 0 Å². The first kappa shape index (κ1) is 21.9. The SMILES string of the molecule is Cn1cc(CN2CCN(C(=O)[C@@H]3CCCN(S(=O)(=O)c4ccc(F)cc4)C3)CC2)cn1. The molecule has 2 fully saturated rings. The van der Waals surface area contributed by atoms with Crippen LogP contribution in [0.25, 0.3) is 0 Å². The highest BCUT2D eigenvalue weighted by Crippen LogP contribution is 2.25. The quantitative estimate of drug-likeness (QED) is 0.688. The number of carbonyl (C=O) groups is 1. The second-order valence-corrected chi connectivity index (χ2v) is 10.2. The topological polar surface area (TPSA) is 78.8 Å². The Morgan fingerprint density at radius 3 is 2.48 bits per heavy atom. The zero-order valence-corrected chi connectivity index (χ0v) is 18.5. The van der Waals surface area contributed by atoms with Crippen molar-refractivity contribution in [2.45, 2.75) is 24.3 Å². The summed E-state index contributed by atoms with van der Waals surface area (Å²) in [5.41, 5.74) is 1.15. The Bertz CT molecular complexity index is 1020. The van der Waals surface area contributed by atoms with Crippen molar-refractivity contribution in [3.8, 4) is 0 Å². The largest absolute Gasteiger partial charge is 0.340 e. The van der Waals surface area contributed by atoms with Crippen LogP contribution in [0.2, 0.25) is 0 Å². The van der Waals surface area contributed by atoms with Gasteiger partial charge in [-0.3, -0.25) is 14.4 Å². The summed E-state index contributed by atoms with van der Waals surface area (Å²) in [5, 5.41) is 4.19. The van der Waals surface area contributed by atoms with E-state index >= 15 is 0 Å². The predicted octanol–water partition coefficient (Wildman–Crippen LogP) is 1.30. The highest BCUT2D eigenvalue weighted by molar-refractivity contribution is 7.89. The Balaban J connectivity index is 1.34. The van der Waals surface area contributed by atoms with E-state index in [-0.39, 0.29) is 23.3 Å². The molecular weight excluding hydrogens is 421 g/mol. The van der Waals surface area contributed by atoms with Gasteiger partial charge in [-0.15, -0.1) is 0 Å². The number of aromatic nitrogens is 2. The molecule has 0 aliphatic carbocycles. The lowest BCUT2D eigenvalue weighted by atomic mass is 9.97. The van der Waals surface area contributed by atoms with Gasteiger partial charge in [-0.05, 0) is 37.1 Å². The number of piperidine rings is 1.